The van der Waals surface area contributed by atoms with E-state index in [2.05, 4.69) is 40.0 Å². The maximum Gasteiger partial charge on any atom is 0.267 e. The lowest BCUT2D eigenvalue weighted by Crippen LogP contribution is -2.60. The number of piperidine rings is 1. The number of nitrogens with one attached hydrogen (secondary N) is 2. The lowest BCUT2D eigenvalue weighted by atomic mass is 9.96. The van der Waals surface area contributed by atoms with Crippen LogP contribution in [0.1, 0.15) is 53.6 Å². The first-order valence-corrected chi connectivity index (χ1v) is 12.3. The second-order valence-electron chi connectivity index (χ2n) is 9.28. The van der Waals surface area contributed by atoms with Gasteiger partial charge in [-0.3, -0.25) is 14.5 Å². The molecule has 2 amide bonds. The van der Waals surface area contributed by atoms with Crippen molar-refractivity contribution in [3.05, 3.63) is 71.3 Å². The topological polar surface area (TPSA) is 89.1 Å². The number of hydrogen-bond acceptors (Lipinski definition) is 6. The Labute approximate surface area is 205 Å². The molecule has 0 radical (unpaired) electrons. The van der Waals surface area contributed by atoms with E-state index in [1.54, 1.807) is 18.2 Å². The van der Waals surface area contributed by atoms with Crippen molar-refractivity contribution in [1.82, 2.24) is 15.7 Å². The number of fused-ring (bicyclic) bond motifs is 1. The molecule has 3 heterocycles. The fraction of sp³-hybridized carbons (Fsp3) is 0.407. The van der Waals surface area contributed by atoms with Crippen molar-refractivity contribution in [2.24, 2.45) is 0 Å². The molecule has 5 rings (SSSR count). The predicted molar refractivity (Wildman–Crippen MR) is 130 cm³/mol. The third-order valence-electron chi connectivity index (χ3n) is 6.66. The number of likely N-dealkylation sites (tertiary alicyclic amines) is 1. The highest BCUT2D eigenvalue weighted by Gasteiger charge is 2.42. The maximum atomic E-state index is 13.0. The van der Waals surface area contributed by atoms with Crippen LogP contribution in [0.3, 0.4) is 0 Å². The summed E-state index contributed by atoms with van der Waals surface area (Å²) in [5.74, 6) is 0.0312. The van der Waals surface area contributed by atoms with Crippen LogP contribution in [0.15, 0.2) is 54.6 Å². The number of amides is 2. The molecule has 2 N–H and O–H groups in total. The minimum absolute atomic E-state index is 0.153. The van der Waals surface area contributed by atoms with Gasteiger partial charge in [0.1, 0.15) is 5.75 Å². The molecule has 2 aromatic carbocycles. The number of hydrogen-bond donors (Lipinski definition) is 2. The third kappa shape index (κ3) is 5.90. The highest BCUT2D eigenvalue weighted by molar-refractivity contribution is 5.99. The zero-order chi connectivity index (χ0) is 24.1. The normalized spacial score (nSPS) is 21.8. The molecule has 3 aliphatic rings. The van der Waals surface area contributed by atoms with Gasteiger partial charge in [-0.15, -0.1) is 0 Å². The van der Waals surface area contributed by atoms with Crippen LogP contribution in [0.5, 0.6) is 5.75 Å². The predicted octanol–water partition coefficient (Wildman–Crippen LogP) is 3.39. The van der Waals surface area contributed by atoms with E-state index in [1.165, 1.54) is 11.6 Å². The average Bonchev–Trinajstić information content (AvgIpc) is 2.89. The minimum Gasteiger partial charge on any atom is -0.467 e. The molecule has 35 heavy (non-hydrogen) atoms. The molecule has 0 aromatic heterocycles. The van der Waals surface area contributed by atoms with E-state index in [0.29, 0.717) is 17.9 Å². The van der Waals surface area contributed by atoms with Crippen LogP contribution in [0.25, 0.3) is 6.08 Å². The van der Waals surface area contributed by atoms with Crippen molar-refractivity contribution in [3.63, 3.8) is 0 Å². The largest absolute Gasteiger partial charge is 0.467 e. The van der Waals surface area contributed by atoms with Crippen LogP contribution in [0.2, 0.25) is 0 Å². The monoisotopic (exact) mass is 477 g/mol. The molecule has 1 unspecified atom stereocenters. The number of rotatable bonds is 6. The number of benzene rings is 2. The first-order valence-electron chi connectivity index (χ1n) is 12.3. The molecule has 2 aromatic rings. The van der Waals surface area contributed by atoms with Gasteiger partial charge in [0.25, 0.3) is 11.8 Å². The minimum atomic E-state index is -0.674. The standard InChI is InChI=1S/C27H31N3O5/c31-24(29-35-25-8-4-5-17-33-25)12-10-20-9-11-23-22(18-20)26(32)28-27(34-23)13-15-30(16-14-27)19-21-6-2-1-3-7-21/h1-3,6-7,9-12,18,25H,4-5,8,13-17,19H2,(H,28,32)(H,29,31)/b12-10+. The lowest BCUT2D eigenvalue weighted by Gasteiger charge is -2.44. The Morgan fingerprint density at radius 2 is 2.00 bits per heavy atom. The molecule has 184 valence electrons. The number of carbonyl (C=O) groups is 2. The molecule has 0 saturated carbocycles. The first-order chi connectivity index (χ1) is 17.1. The molecule has 1 atom stereocenters. The van der Waals surface area contributed by atoms with Gasteiger partial charge in [0.2, 0.25) is 0 Å². The van der Waals surface area contributed by atoms with Gasteiger partial charge < -0.3 is 14.8 Å². The summed E-state index contributed by atoms with van der Waals surface area (Å²) in [6.45, 7) is 3.22. The first kappa shape index (κ1) is 23.5. The molecule has 1 spiro atoms. The molecule has 0 bridgehead atoms. The summed E-state index contributed by atoms with van der Waals surface area (Å²) in [4.78, 5) is 32.7. The van der Waals surface area contributed by atoms with Gasteiger partial charge in [-0.05, 0) is 42.2 Å². The molecular formula is C27H31N3O5. The van der Waals surface area contributed by atoms with Crippen molar-refractivity contribution in [3.8, 4) is 5.75 Å². The van der Waals surface area contributed by atoms with Crippen molar-refractivity contribution in [2.45, 2.75) is 50.7 Å². The molecule has 8 nitrogen and oxygen atoms in total. The Bertz CT molecular complexity index is 1070. The van der Waals surface area contributed by atoms with Gasteiger partial charge in [0.15, 0.2) is 12.0 Å². The quantitative estimate of drug-likeness (QED) is 0.490. The van der Waals surface area contributed by atoms with E-state index in [4.69, 9.17) is 14.3 Å². The zero-order valence-corrected chi connectivity index (χ0v) is 19.7. The van der Waals surface area contributed by atoms with Crippen LogP contribution >= 0.6 is 0 Å². The second-order valence-corrected chi connectivity index (χ2v) is 9.28. The van der Waals surface area contributed by atoms with Gasteiger partial charge in [0.05, 0.1) is 5.56 Å². The summed E-state index contributed by atoms with van der Waals surface area (Å²) in [6, 6.07) is 15.8. The third-order valence-corrected chi connectivity index (χ3v) is 6.66. The molecule has 2 saturated heterocycles. The van der Waals surface area contributed by atoms with Gasteiger partial charge in [-0.2, -0.15) is 0 Å². The van der Waals surface area contributed by atoms with E-state index >= 15 is 0 Å². The van der Waals surface area contributed by atoms with Crippen LogP contribution < -0.4 is 15.5 Å². The van der Waals surface area contributed by atoms with E-state index in [-0.39, 0.29) is 11.8 Å². The summed E-state index contributed by atoms with van der Waals surface area (Å²) in [7, 11) is 0. The van der Waals surface area contributed by atoms with Gasteiger partial charge in [-0.25, -0.2) is 10.3 Å². The summed E-state index contributed by atoms with van der Waals surface area (Å²) >= 11 is 0. The Balaban J connectivity index is 1.16. The van der Waals surface area contributed by atoms with Crippen molar-refractivity contribution in [1.29, 1.82) is 0 Å². The van der Waals surface area contributed by atoms with E-state index < -0.39 is 12.0 Å². The number of carbonyl (C=O) groups excluding carboxylic acids is 2. The summed E-state index contributed by atoms with van der Waals surface area (Å²) in [6.07, 6.45) is 6.84. The molecule has 3 aliphatic heterocycles. The highest BCUT2D eigenvalue weighted by Crippen LogP contribution is 2.34. The number of nitrogens with zero attached hydrogens (tertiary/aromatic N) is 1. The van der Waals surface area contributed by atoms with Crippen molar-refractivity contribution < 1.29 is 23.9 Å². The molecule has 2 fully saturated rings. The van der Waals surface area contributed by atoms with Crippen molar-refractivity contribution >= 4 is 17.9 Å². The van der Waals surface area contributed by atoms with Crippen LogP contribution in [0, 0.1) is 0 Å². The van der Waals surface area contributed by atoms with Crippen molar-refractivity contribution in [2.75, 3.05) is 19.7 Å². The van der Waals surface area contributed by atoms with E-state index in [0.717, 1.165) is 57.3 Å². The lowest BCUT2D eigenvalue weighted by molar-refractivity contribution is -0.198. The summed E-state index contributed by atoms with van der Waals surface area (Å²) < 4.78 is 11.7. The van der Waals surface area contributed by atoms with Crippen LogP contribution in [0.4, 0.5) is 0 Å². The Morgan fingerprint density at radius 3 is 2.77 bits per heavy atom. The van der Waals surface area contributed by atoms with E-state index in [9.17, 15) is 9.59 Å². The Kier molecular flexibility index (Phi) is 7.13. The van der Waals surface area contributed by atoms with Gasteiger partial charge in [-0.1, -0.05) is 36.4 Å². The Hall–Kier alpha value is -3.20. The Morgan fingerprint density at radius 1 is 1.17 bits per heavy atom. The fourth-order valence-corrected chi connectivity index (χ4v) is 4.70. The summed E-state index contributed by atoms with van der Waals surface area (Å²) in [5, 5.41) is 3.10. The number of ether oxygens (including phenoxy) is 2. The number of hydroxylamine groups is 1. The molecule has 0 aliphatic carbocycles. The highest BCUT2D eigenvalue weighted by atomic mass is 16.8. The van der Waals surface area contributed by atoms with Crippen LogP contribution in [-0.4, -0.2) is 48.4 Å². The molecular weight excluding hydrogens is 446 g/mol. The SMILES string of the molecule is O=C(/C=C/c1ccc2c(c1)C(=O)NC1(CCN(Cc3ccccc3)CC1)O2)NOC1CCCCO1. The summed E-state index contributed by atoms with van der Waals surface area (Å²) in [5.41, 5.74) is 4.19. The zero-order valence-electron chi connectivity index (χ0n) is 19.7. The van der Waals surface area contributed by atoms with E-state index in [1.807, 2.05) is 12.1 Å². The maximum absolute atomic E-state index is 13.0. The van der Waals surface area contributed by atoms with Crippen LogP contribution in [-0.2, 0) is 20.9 Å². The average molecular weight is 478 g/mol. The molecule has 8 heteroatoms. The fourth-order valence-electron chi connectivity index (χ4n) is 4.70. The van der Waals surface area contributed by atoms with Gasteiger partial charge in [0, 0.05) is 51.6 Å². The smallest absolute Gasteiger partial charge is 0.267 e. The second kappa shape index (κ2) is 10.6. The van der Waals surface area contributed by atoms with Gasteiger partial charge >= 0.3 is 0 Å².